The lowest BCUT2D eigenvalue weighted by Gasteiger charge is -2.24. The van der Waals surface area contributed by atoms with Crippen molar-refractivity contribution < 1.29 is 22.9 Å². The number of para-hydroxylation sites is 1. The van der Waals surface area contributed by atoms with Gasteiger partial charge in [-0.05, 0) is 38.5 Å². The highest BCUT2D eigenvalue weighted by atomic mass is 32.2. The Balaban J connectivity index is 2.10. The van der Waals surface area contributed by atoms with E-state index in [4.69, 9.17) is 4.74 Å². The first kappa shape index (κ1) is 23.1. The summed E-state index contributed by atoms with van der Waals surface area (Å²) in [7, 11) is -3.86. The van der Waals surface area contributed by atoms with Crippen molar-refractivity contribution in [3.05, 3.63) is 63.7 Å². The normalized spacial score (nSPS) is 12.1. The Morgan fingerprint density at radius 2 is 1.87 bits per heavy atom. The zero-order valence-electron chi connectivity index (χ0n) is 17.3. The number of nitrogens with zero attached hydrogens (tertiary/aromatic N) is 2. The number of aryl methyl sites for hydroxylation is 1. The van der Waals surface area contributed by atoms with Gasteiger partial charge < -0.3 is 10.1 Å². The molecule has 0 bridgehead atoms. The van der Waals surface area contributed by atoms with Gasteiger partial charge in [0, 0.05) is 6.07 Å². The number of rotatable bonds is 9. The van der Waals surface area contributed by atoms with Gasteiger partial charge in [-0.15, -0.1) is 0 Å². The molecule has 30 heavy (non-hydrogen) atoms. The molecular formula is C20H25N3O6S. The van der Waals surface area contributed by atoms with Gasteiger partial charge in [0.2, 0.25) is 15.9 Å². The van der Waals surface area contributed by atoms with Gasteiger partial charge in [-0.1, -0.05) is 24.3 Å². The van der Waals surface area contributed by atoms with Gasteiger partial charge in [0.1, 0.15) is 18.9 Å². The summed E-state index contributed by atoms with van der Waals surface area (Å²) in [5.41, 5.74) is 0.990. The number of ether oxygens (including phenoxy) is 1. The molecule has 0 fully saturated rings. The smallest absolute Gasteiger partial charge is 0.274 e. The molecule has 162 valence electrons. The molecule has 0 heterocycles. The summed E-state index contributed by atoms with van der Waals surface area (Å²) in [5.74, 6) is 0.149. The van der Waals surface area contributed by atoms with Gasteiger partial charge in [-0.2, -0.15) is 0 Å². The van der Waals surface area contributed by atoms with Gasteiger partial charge in [-0.25, -0.2) is 8.42 Å². The second-order valence-corrected chi connectivity index (χ2v) is 8.90. The number of carbonyl (C=O) groups excluding carboxylic acids is 1. The van der Waals surface area contributed by atoms with Gasteiger partial charge in [0.25, 0.3) is 5.69 Å². The van der Waals surface area contributed by atoms with Crippen LogP contribution in [0.3, 0.4) is 0 Å². The number of nitrogens with one attached hydrogen (secondary N) is 1. The highest BCUT2D eigenvalue weighted by molar-refractivity contribution is 7.92. The summed E-state index contributed by atoms with van der Waals surface area (Å²) >= 11 is 0. The monoisotopic (exact) mass is 435 g/mol. The van der Waals surface area contributed by atoms with E-state index in [2.05, 4.69) is 5.32 Å². The fourth-order valence-electron chi connectivity index (χ4n) is 2.89. The van der Waals surface area contributed by atoms with Crippen LogP contribution in [0.15, 0.2) is 42.5 Å². The maximum Gasteiger partial charge on any atom is 0.274 e. The fourth-order valence-corrected chi connectivity index (χ4v) is 3.79. The van der Waals surface area contributed by atoms with Crippen LogP contribution in [-0.4, -0.2) is 44.7 Å². The Bertz CT molecular complexity index is 1040. The van der Waals surface area contributed by atoms with Crippen LogP contribution in [-0.2, 0) is 14.8 Å². The first-order valence-electron chi connectivity index (χ1n) is 9.20. The molecule has 2 rings (SSSR count). The third-order valence-corrected chi connectivity index (χ3v) is 5.55. The summed E-state index contributed by atoms with van der Waals surface area (Å²) in [6.07, 6.45) is 0.948. The predicted molar refractivity (Wildman–Crippen MR) is 114 cm³/mol. The van der Waals surface area contributed by atoms with Gasteiger partial charge >= 0.3 is 0 Å². The molecular weight excluding hydrogens is 410 g/mol. The van der Waals surface area contributed by atoms with Crippen LogP contribution in [0.25, 0.3) is 0 Å². The molecule has 2 aromatic carbocycles. The number of amides is 1. The fraction of sp³-hybridized carbons (Fsp3) is 0.350. The molecule has 1 N–H and O–H groups in total. The van der Waals surface area contributed by atoms with Crippen LogP contribution in [0.1, 0.15) is 18.1 Å². The Labute approximate surface area is 175 Å². The van der Waals surface area contributed by atoms with E-state index >= 15 is 0 Å². The molecule has 9 nitrogen and oxygen atoms in total. The molecule has 10 heteroatoms. The third-order valence-electron chi connectivity index (χ3n) is 4.42. The summed E-state index contributed by atoms with van der Waals surface area (Å²) in [6.45, 7) is 4.78. The number of carbonyl (C=O) groups is 1. The maximum atomic E-state index is 12.5. The lowest BCUT2D eigenvalue weighted by Crippen LogP contribution is -2.45. The summed E-state index contributed by atoms with van der Waals surface area (Å²) in [4.78, 5) is 23.1. The third kappa shape index (κ3) is 5.93. The molecule has 0 aliphatic heterocycles. The van der Waals surface area contributed by atoms with E-state index < -0.39 is 27.4 Å². The van der Waals surface area contributed by atoms with E-state index in [1.807, 2.05) is 31.2 Å². The van der Waals surface area contributed by atoms with E-state index in [1.54, 1.807) is 6.92 Å². The van der Waals surface area contributed by atoms with E-state index in [-0.39, 0.29) is 29.6 Å². The van der Waals surface area contributed by atoms with E-state index in [0.29, 0.717) is 5.75 Å². The average molecular weight is 436 g/mol. The second-order valence-electron chi connectivity index (χ2n) is 6.99. The van der Waals surface area contributed by atoms with Crippen LogP contribution >= 0.6 is 0 Å². The first-order chi connectivity index (χ1) is 14.0. The SMILES string of the molecule is Cc1ccccc1OC[C@@H](C)NC(=O)CN(c1cccc([N+](=O)[O-])c1C)S(C)(=O)=O. The second kappa shape index (κ2) is 9.57. The lowest BCUT2D eigenvalue weighted by atomic mass is 10.1. The van der Waals surface area contributed by atoms with Crippen LogP contribution in [0.5, 0.6) is 5.75 Å². The van der Waals surface area contributed by atoms with Crippen molar-refractivity contribution in [2.75, 3.05) is 23.7 Å². The number of sulfonamides is 1. The minimum Gasteiger partial charge on any atom is -0.491 e. The molecule has 0 saturated carbocycles. The molecule has 0 spiro atoms. The molecule has 0 unspecified atom stereocenters. The number of nitro benzene ring substituents is 1. The standard InChI is InChI=1S/C20H25N3O6S/c1-14-8-5-6-11-19(14)29-13-15(2)21-20(24)12-22(30(4,27)28)17-9-7-10-18(16(17)3)23(25)26/h5-11,15H,12-13H2,1-4H3,(H,21,24)/t15-/m1/s1. The van der Waals surface area contributed by atoms with E-state index in [9.17, 15) is 23.3 Å². The van der Waals surface area contributed by atoms with Crippen LogP contribution < -0.4 is 14.4 Å². The van der Waals surface area contributed by atoms with Crippen molar-refractivity contribution in [2.24, 2.45) is 0 Å². The van der Waals surface area contributed by atoms with Crippen molar-refractivity contribution in [1.29, 1.82) is 0 Å². The highest BCUT2D eigenvalue weighted by Gasteiger charge is 2.26. The van der Waals surface area contributed by atoms with Crippen LogP contribution in [0, 0.1) is 24.0 Å². The zero-order valence-corrected chi connectivity index (χ0v) is 18.1. The van der Waals surface area contributed by atoms with Gasteiger partial charge in [0.15, 0.2) is 0 Å². The Hall–Kier alpha value is -3.14. The minimum atomic E-state index is -3.86. The van der Waals surface area contributed by atoms with Crippen LogP contribution in [0.2, 0.25) is 0 Å². The summed E-state index contributed by atoms with van der Waals surface area (Å²) < 4.78 is 31.1. The summed E-state index contributed by atoms with van der Waals surface area (Å²) in [6, 6.07) is 11.2. The highest BCUT2D eigenvalue weighted by Crippen LogP contribution is 2.29. The van der Waals surface area contributed by atoms with Gasteiger partial charge in [0.05, 0.1) is 28.5 Å². The number of benzene rings is 2. The van der Waals surface area contributed by atoms with E-state index in [0.717, 1.165) is 16.1 Å². The van der Waals surface area contributed by atoms with Crippen molar-refractivity contribution in [2.45, 2.75) is 26.8 Å². The average Bonchev–Trinajstić information content (AvgIpc) is 2.65. The van der Waals surface area contributed by atoms with Crippen molar-refractivity contribution in [3.8, 4) is 5.75 Å². The Morgan fingerprint density at radius 1 is 1.20 bits per heavy atom. The minimum absolute atomic E-state index is 0.0886. The van der Waals surface area contributed by atoms with Crippen molar-refractivity contribution in [1.82, 2.24) is 5.32 Å². The largest absolute Gasteiger partial charge is 0.491 e. The predicted octanol–water partition coefficient (Wildman–Crippen LogP) is 2.56. The van der Waals surface area contributed by atoms with Gasteiger partial charge in [-0.3, -0.25) is 19.2 Å². The number of hydrogen-bond donors (Lipinski definition) is 1. The molecule has 2 aromatic rings. The molecule has 0 aromatic heterocycles. The topological polar surface area (TPSA) is 119 Å². The van der Waals surface area contributed by atoms with Crippen molar-refractivity contribution >= 4 is 27.3 Å². The Kier molecular flexibility index (Phi) is 7.38. The quantitative estimate of drug-likeness (QED) is 0.478. The molecule has 0 radical (unpaired) electrons. The summed E-state index contributed by atoms with van der Waals surface area (Å²) in [5, 5.41) is 13.9. The van der Waals surface area contributed by atoms with Crippen molar-refractivity contribution in [3.63, 3.8) is 0 Å². The molecule has 0 aliphatic rings. The molecule has 1 amide bonds. The number of nitro groups is 1. The lowest BCUT2D eigenvalue weighted by molar-refractivity contribution is -0.385. The maximum absolute atomic E-state index is 12.5. The number of hydrogen-bond acceptors (Lipinski definition) is 6. The Morgan fingerprint density at radius 3 is 2.47 bits per heavy atom. The first-order valence-corrected chi connectivity index (χ1v) is 11.0. The molecule has 1 atom stereocenters. The van der Waals surface area contributed by atoms with Crippen LogP contribution in [0.4, 0.5) is 11.4 Å². The zero-order chi connectivity index (χ0) is 22.5. The van der Waals surface area contributed by atoms with E-state index in [1.165, 1.54) is 25.1 Å². The number of anilines is 1. The molecule has 0 saturated heterocycles. The molecule has 0 aliphatic carbocycles.